The van der Waals surface area contributed by atoms with Crippen molar-refractivity contribution in [3.63, 3.8) is 0 Å². The Labute approximate surface area is 111 Å². The molecule has 0 spiro atoms. The van der Waals surface area contributed by atoms with Crippen molar-refractivity contribution < 1.29 is 14.0 Å². The van der Waals surface area contributed by atoms with Crippen molar-refractivity contribution in [2.75, 3.05) is 13.6 Å². The van der Waals surface area contributed by atoms with Gasteiger partial charge >= 0.3 is 0 Å². The van der Waals surface area contributed by atoms with Gasteiger partial charge in [0.1, 0.15) is 0 Å². The minimum Gasteiger partial charge on any atom is -0.461 e. The van der Waals surface area contributed by atoms with Gasteiger partial charge in [-0.05, 0) is 37.9 Å². The minimum absolute atomic E-state index is 0.252. The van der Waals surface area contributed by atoms with E-state index < -0.39 is 0 Å². The van der Waals surface area contributed by atoms with E-state index in [2.05, 4.69) is 10.1 Å². The second-order valence-corrected chi connectivity index (χ2v) is 5.09. The second kappa shape index (κ2) is 5.14. The predicted octanol–water partition coefficient (Wildman–Crippen LogP) is 1.53. The molecule has 0 bridgehead atoms. The van der Waals surface area contributed by atoms with Gasteiger partial charge in [0, 0.05) is 6.54 Å². The summed E-state index contributed by atoms with van der Waals surface area (Å²) >= 11 is 0. The zero-order valence-electron chi connectivity index (χ0n) is 10.8. The summed E-state index contributed by atoms with van der Waals surface area (Å²) in [7, 11) is 1.93. The van der Waals surface area contributed by atoms with Crippen molar-refractivity contribution in [1.29, 1.82) is 0 Å². The van der Waals surface area contributed by atoms with Crippen LogP contribution in [0.1, 0.15) is 18.7 Å². The fourth-order valence-corrected chi connectivity index (χ4v) is 2.07. The van der Waals surface area contributed by atoms with Gasteiger partial charge in [0.05, 0.1) is 18.9 Å². The van der Waals surface area contributed by atoms with E-state index in [1.165, 1.54) is 0 Å². The molecule has 1 saturated carbocycles. The molecule has 1 N–H and O–H groups in total. The molecule has 1 aliphatic carbocycles. The van der Waals surface area contributed by atoms with Crippen LogP contribution in [0.2, 0.25) is 0 Å². The van der Waals surface area contributed by atoms with E-state index in [0.29, 0.717) is 36.5 Å². The Hall–Kier alpha value is -1.66. The second-order valence-electron chi connectivity index (χ2n) is 5.09. The Balaban J connectivity index is 1.57. The smallest absolute Gasteiger partial charge is 0.241 e. The van der Waals surface area contributed by atoms with Crippen LogP contribution in [0.3, 0.4) is 0 Å². The summed E-state index contributed by atoms with van der Waals surface area (Å²) in [5, 5.41) is 13.7. The molecular weight excluding hydrogens is 246 g/mol. The van der Waals surface area contributed by atoms with Crippen molar-refractivity contribution in [2.24, 2.45) is 5.92 Å². The van der Waals surface area contributed by atoms with Crippen LogP contribution in [-0.2, 0) is 6.54 Å². The summed E-state index contributed by atoms with van der Waals surface area (Å²) in [6.07, 6.45) is 3.59. The zero-order valence-corrected chi connectivity index (χ0v) is 10.8. The third-order valence-electron chi connectivity index (χ3n) is 3.28. The van der Waals surface area contributed by atoms with E-state index in [-0.39, 0.29) is 6.10 Å². The van der Waals surface area contributed by atoms with Crippen molar-refractivity contribution >= 4 is 0 Å². The molecule has 6 nitrogen and oxygen atoms in total. The van der Waals surface area contributed by atoms with Gasteiger partial charge in [0.15, 0.2) is 5.76 Å². The molecule has 1 unspecified atom stereocenters. The van der Waals surface area contributed by atoms with Gasteiger partial charge in [-0.2, -0.15) is 4.98 Å². The summed E-state index contributed by atoms with van der Waals surface area (Å²) in [5.74, 6) is 2.05. The first-order valence-corrected chi connectivity index (χ1v) is 6.45. The predicted molar refractivity (Wildman–Crippen MR) is 67.1 cm³/mol. The molecule has 6 heteroatoms. The number of hydrogen-bond acceptors (Lipinski definition) is 6. The van der Waals surface area contributed by atoms with Crippen molar-refractivity contribution in [3.8, 4) is 11.6 Å². The summed E-state index contributed by atoms with van der Waals surface area (Å²) < 4.78 is 10.4. The number of likely N-dealkylation sites (N-methyl/N-ethyl adjacent to an activating group) is 1. The number of aliphatic hydroxyl groups excluding tert-OH is 1. The van der Waals surface area contributed by atoms with Gasteiger partial charge in [-0.25, -0.2) is 0 Å². The highest BCUT2D eigenvalue weighted by Gasteiger charge is 2.30. The molecule has 1 fully saturated rings. The van der Waals surface area contributed by atoms with Crippen LogP contribution >= 0.6 is 0 Å². The Kier molecular flexibility index (Phi) is 3.35. The Morgan fingerprint density at radius 2 is 2.37 bits per heavy atom. The molecule has 2 aromatic heterocycles. The van der Waals surface area contributed by atoms with Crippen molar-refractivity contribution in [3.05, 3.63) is 24.3 Å². The number of aliphatic hydroxyl groups is 1. The molecule has 0 saturated heterocycles. The standard InChI is InChI=1S/C13H17N3O3/c1-16(7-10(17)9-4-5-9)8-12-14-13(15-19-12)11-3-2-6-18-11/h2-3,6,9-10,17H,4-5,7-8H2,1H3. The monoisotopic (exact) mass is 263 g/mol. The molecule has 0 amide bonds. The number of nitrogens with zero attached hydrogens (tertiary/aromatic N) is 3. The number of aromatic nitrogens is 2. The lowest BCUT2D eigenvalue weighted by Crippen LogP contribution is -2.30. The number of hydrogen-bond donors (Lipinski definition) is 1. The van der Waals surface area contributed by atoms with E-state index >= 15 is 0 Å². The van der Waals surface area contributed by atoms with Gasteiger partial charge in [0.25, 0.3) is 0 Å². The van der Waals surface area contributed by atoms with Gasteiger partial charge < -0.3 is 14.0 Å². The van der Waals surface area contributed by atoms with Crippen LogP contribution in [0.5, 0.6) is 0 Å². The highest BCUT2D eigenvalue weighted by atomic mass is 16.5. The molecule has 0 aromatic carbocycles. The van der Waals surface area contributed by atoms with Gasteiger partial charge in [-0.1, -0.05) is 5.16 Å². The van der Waals surface area contributed by atoms with E-state index in [0.717, 1.165) is 12.8 Å². The summed E-state index contributed by atoms with van der Waals surface area (Å²) in [6, 6.07) is 3.57. The maximum Gasteiger partial charge on any atom is 0.241 e. The molecule has 0 aliphatic heterocycles. The van der Waals surface area contributed by atoms with Gasteiger partial charge in [-0.3, -0.25) is 4.90 Å². The molecule has 3 rings (SSSR count). The quantitative estimate of drug-likeness (QED) is 0.851. The summed E-state index contributed by atoms with van der Waals surface area (Å²) in [5.41, 5.74) is 0. The molecule has 1 atom stereocenters. The largest absolute Gasteiger partial charge is 0.461 e. The average Bonchev–Trinajstić information content (AvgIpc) is 2.89. The van der Waals surface area contributed by atoms with Crippen LogP contribution in [0.4, 0.5) is 0 Å². The number of rotatable bonds is 6. The lowest BCUT2D eigenvalue weighted by Gasteiger charge is -2.18. The SMILES string of the molecule is CN(Cc1nc(-c2ccco2)no1)CC(O)C1CC1. The molecular formula is C13H17N3O3. The third-order valence-corrected chi connectivity index (χ3v) is 3.28. The maximum atomic E-state index is 9.87. The lowest BCUT2D eigenvalue weighted by molar-refractivity contribution is 0.0992. The van der Waals surface area contributed by atoms with Crippen LogP contribution in [0.15, 0.2) is 27.3 Å². The van der Waals surface area contributed by atoms with Crippen LogP contribution < -0.4 is 0 Å². The topological polar surface area (TPSA) is 75.5 Å². The molecule has 102 valence electrons. The molecule has 2 aromatic rings. The molecule has 2 heterocycles. The normalized spacial score (nSPS) is 17.0. The fraction of sp³-hybridized carbons (Fsp3) is 0.538. The van der Waals surface area contributed by atoms with E-state index in [1.807, 2.05) is 11.9 Å². The van der Waals surface area contributed by atoms with Gasteiger partial charge in [-0.15, -0.1) is 0 Å². The Morgan fingerprint density at radius 3 is 3.05 bits per heavy atom. The van der Waals surface area contributed by atoms with E-state index in [4.69, 9.17) is 8.94 Å². The molecule has 0 radical (unpaired) electrons. The fourth-order valence-electron chi connectivity index (χ4n) is 2.07. The third kappa shape index (κ3) is 3.02. The van der Waals surface area contributed by atoms with E-state index in [1.54, 1.807) is 18.4 Å². The van der Waals surface area contributed by atoms with Crippen LogP contribution in [0, 0.1) is 5.92 Å². The maximum absolute atomic E-state index is 9.87. The molecule has 1 aliphatic rings. The van der Waals surface area contributed by atoms with Crippen molar-refractivity contribution in [2.45, 2.75) is 25.5 Å². The minimum atomic E-state index is -0.252. The highest BCUT2D eigenvalue weighted by molar-refractivity contribution is 5.44. The zero-order chi connectivity index (χ0) is 13.2. The first kappa shape index (κ1) is 12.4. The Bertz CT molecular complexity index is 519. The first-order valence-electron chi connectivity index (χ1n) is 6.45. The van der Waals surface area contributed by atoms with Crippen molar-refractivity contribution in [1.82, 2.24) is 15.0 Å². The lowest BCUT2D eigenvalue weighted by atomic mass is 10.2. The summed E-state index contributed by atoms with van der Waals surface area (Å²) in [6.45, 7) is 1.15. The molecule has 19 heavy (non-hydrogen) atoms. The van der Waals surface area contributed by atoms with Gasteiger partial charge in [0.2, 0.25) is 11.7 Å². The van der Waals surface area contributed by atoms with Crippen LogP contribution in [0.25, 0.3) is 11.6 Å². The van der Waals surface area contributed by atoms with Crippen LogP contribution in [-0.4, -0.2) is 39.8 Å². The highest BCUT2D eigenvalue weighted by Crippen LogP contribution is 2.32. The number of furan rings is 1. The summed E-state index contributed by atoms with van der Waals surface area (Å²) in [4.78, 5) is 6.25. The Morgan fingerprint density at radius 1 is 1.53 bits per heavy atom. The van der Waals surface area contributed by atoms with E-state index in [9.17, 15) is 5.11 Å². The first-order chi connectivity index (χ1) is 9.22. The average molecular weight is 263 g/mol.